The van der Waals surface area contributed by atoms with E-state index in [0.717, 1.165) is 25.7 Å². The molecule has 2 N–H and O–H groups in total. The monoisotopic (exact) mass is 287 g/mol. The summed E-state index contributed by atoms with van der Waals surface area (Å²) in [7, 11) is 0. The molecule has 3 rings (SSSR count). The van der Waals surface area contributed by atoms with E-state index in [1.165, 1.54) is 12.0 Å². The molecule has 1 aromatic rings. The largest absolute Gasteiger partial charge is 0.481 e. The zero-order valence-electron chi connectivity index (χ0n) is 12.7. The maximum Gasteiger partial charge on any atom is 0.308 e. The van der Waals surface area contributed by atoms with Crippen molar-refractivity contribution in [1.29, 1.82) is 0 Å². The second-order valence-electron chi connectivity index (χ2n) is 6.64. The number of hydrogen-bond acceptors (Lipinski definition) is 2. The summed E-state index contributed by atoms with van der Waals surface area (Å²) in [5.41, 5.74) is 1.28. The van der Waals surface area contributed by atoms with Crippen LogP contribution in [-0.4, -0.2) is 17.1 Å². The van der Waals surface area contributed by atoms with Gasteiger partial charge in [-0.25, -0.2) is 0 Å². The highest BCUT2D eigenvalue weighted by Crippen LogP contribution is 2.49. The zero-order valence-corrected chi connectivity index (χ0v) is 12.7. The van der Waals surface area contributed by atoms with Crippen LogP contribution in [0.1, 0.15) is 50.6 Å². The first-order chi connectivity index (χ1) is 10.2. The molecule has 21 heavy (non-hydrogen) atoms. The van der Waals surface area contributed by atoms with Crippen LogP contribution in [0.5, 0.6) is 0 Å². The second-order valence-corrected chi connectivity index (χ2v) is 6.64. The van der Waals surface area contributed by atoms with Crippen LogP contribution in [0, 0.1) is 17.8 Å². The number of carboxylic acids is 1. The average Bonchev–Trinajstić information content (AvgIpc) is 3.08. The normalized spacial score (nSPS) is 32.2. The first kappa shape index (κ1) is 14.6. The van der Waals surface area contributed by atoms with Crippen molar-refractivity contribution in [3.05, 3.63) is 35.9 Å². The Bertz CT molecular complexity index is 487. The topological polar surface area (TPSA) is 49.3 Å². The molecular weight excluding hydrogens is 262 g/mol. The van der Waals surface area contributed by atoms with Gasteiger partial charge in [0.25, 0.3) is 0 Å². The molecule has 2 aliphatic carbocycles. The Morgan fingerprint density at radius 2 is 2.00 bits per heavy atom. The van der Waals surface area contributed by atoms with E-state index in [2.05, 4.69) is 36.5 Å². The molecule has 0 saturated heterocycles. The molecule has 114 valence electrons. The molecule has 5 atom stereocenters. The van der Waals surface area contributed by atoms with Crippen LogP contribution in [0.4, 0.5) is 0 Å². The summed E-state index contributed by atoms with van der Waals surface area (Å²) < 4.78 is 0. The molecule has 5 unspecified atom stereocenters. The minimum Gasteiger partial charge on any atom is -0.481 e. The van der Waals surface area contributed by atoms with Crippen molar-refractivity contribution in [2.24, 2.45) is 17.8 Å². The molecular formula is C18H25NO2. The molecule has 2 saturated carbocycles. The van der Waals surface area contributed by atoms with Gasteiger partial charge >= 0.3 is 5.97 Å². The minimum absolute atomic E-state index is 0.151. The third-order valence-electron chi connectivity index (χ3n) is 5.37. The van der Waals surface area contributed by atoms with Crippen LogP contribution in [0.3, 0.4) is 0 Å². The van der Waals surface area contributed by atoms with Gasteiger partial charge in [0.2, 0.25) is 0 Å². The molecule has 2 aliphatic rings. The molecule has 3 heteroatoms. The van der Waals surface area contributed by atoms with Gasteiger partial charge in [0.05, 0.1) is 5.92 Å². The van der Waals surface area contributed by atoms with Gasteiger partial charge in [0, 0.05) is 12.1 Å². The Hall–Kier alpha value is -1.35. The molecule has 0 aliphatic heterocycles. The fourth-order valence-corrected chi connectivity index (χ4v) is 4.44. The van der Waals surface area contributed by atoms with Crippen LogP contribution in [-0.2, 0) is 4.79 Å². The van der Waals surface area contributed by atoms with E-state index in [9.17, 15) is 9.90 Å². The van der Waals surface area contributed by atoms with E-state index in [0.29, 0.717) is 11.8 Å². The number of hydrogen-bond donors (Lipinski definition) is 2. The number of benzene rings is 1. The first-order valence-electron chi connectivity index (χ1n) is 8.24. The molecule has 2 fully saturated rings. The van der Waals surface area contributed by atoms with E-state index in [1.807, 2.05) is 6.07 Å². The molecule has 1 aromatic carbocycles. The molecule has 3 nitrogen and oxygen atoms in total. The third kappa shape index (κ3) is 2.84. The number of carbonyl (C=O) groups is 1. The van der Waals surface area contributed by atoms with Crippen LogP contribution in [0.2, 0.25) is 0 Å². The molecule has 0 radical (unpaired) electrons. The lowest BCUT2D eigenvalue weighted by Crippen LogP contribution is -2.45. The highest BCUT2D eigenvalue weighted by Gasteiger charge is 2.51. The lowest BCUT2D eigenvalue weighted by molar-refractivity contribution is -0.144. The molecule has 2 bridgehead atoms. The number of fused-ring (bicyclic) bond motifs is 2. The van der Waals surface area contributed by atoms with Gasteiger partial charge in [-0.1, -0.05) is 43.7 Å². The van der Waals surface area contributed by atoms with Gasteiger partial charge < -0.3 is 10.4 Å². The van der Waals surface area contributed by atoms with Crippen molar-refractivity contribution < 1.29 is 9.90 Å². The average molecular weight is 287 g/mol. The quantitative estimate of drug-likeness (QED) is 0.840. The fourth-order valence-electron chi connectivity index (χ4n) is 4.44. The van der Waals surface area contributed by atoms with Crippen molar-refractivity contribution >= 4 is 5.97 Å². The molecule has 0 spiro atoms. The van der Waals surface area contributed by atoms with Crippen LogP contribution in [0.15, 0.2) is 30.3 Å². The highest BCUT2D eigenvalue weighted by molar-refractivity contribution is 5.72. The van der Waals surface area contributed by atoms with Crippen LogP contribution >= 0.6 is 0 Å². The maximum atomic E-state index is 11.6. The predicted molar refractivity (Wildman–Crippen MR) is 83.0 cm³/mol. The SMILES string of the molecule is CCCC(NC1C2CCC(C2)C1C(=O)O)c1ccccc1. The van der Waals surface area contributed by atoms with Crippen molar-refractivity contribution in [2.75, 3.05) is 0 Å². The van der Waals surface area contributed by atoms with E-state index in [1.54, 1.807) is 0 Å². The van der Waals surface area contributed by atoms with Crippen molar-refractivity contribution in [3.63, 3.8) is 0 Å². The predicted octanol–water partition coefficient (Wildman–Crippen LogP) is 3.62. The number of rotatable bonds is 6. The lowest BCUT2D eigenvalue weighted by Gasteiger charge is -2.33. The standard InChI is InChI=1S/C18H25NO2/c1-2-6-15(12-7-4-3-5-8-12)19-17-14-10-9-13(11-14)16(17)18(20)21/h3-5,7-8,13-17,19H,2,6,9-11H2,1H3,(H,20,21). The van der Waals surface area contributed by atoms with Gasteiger partial charge in [-0.2, -0.15) is 0 Å². The number of carboxylic acid groups (broad SMARTS) is 1. The first-order valence-corrected chi connectivity index (χ1v) is 8.24. The maximum absolute atomic E-state index is 11.6. The molecule has 0 heterocycles. The summed E-state index contributed by atoms with van der Waals surface area (Å²) in [6.07, 6.45) is 5.56. The Balaban J connectivity index is 1.77. The highest BCUT2D eigenvalue weighted by atomic mass is 16.4. The van der Waals surface area contributed by atoms with Gasteiger partial charge in [-0.3, -0.25) is 4.79 Å². The summed E-state index contributed by atoms with van der Waals surface area (Å²) in [6, 6.07) is 10.9. The lowest BCUT2D eigenvalue weighted by atomic mass is 9.83. The summed E-state index contributed by atoms with van der Waals surface area (Å²) in [5.74, 6) is 0.150. The fraction of sp³-hybridized carbons (Fsp3) is 0.611. The van der Waals surface area contributed by atoms with E-state index in [-0.39, 0.29) is 18.0 Å². The van der Waals surface area contributed by atoms with E-state index < -0.39 is 5.97 Å². The van der Waals surface area contributed by atoms with Gasteiger partial charge in [0.1, 0.15) is 0 Å². The third-order valence-corrected chi connectivity index (χ3v) is 5.37. The van der Waals surface area contributed by atoms with Gasteiger partial charge in [0.15, 0.2) is 0 Å². The van der Waals surface area contributed by atoms with Crippen molar-refractivity contribution in [1.82, 2.24) is 5.32 Å². The number of nitrogens with one attached hydrogen (secondary N) is 1. The molecule has 0 amide bonds. The van der Waals surface area contributed by atoms with Gasteiger partial charge in [-0.05, 0) is 43.1 Å². The smallest absolute Gasteiger partial charge is 0.308 e. The van der Waals surface area contributed by atoms with Gasteiger partial charge in [-0.15, -0.1) is 0 Å². The Kier molecular flexibility index (Phi) is 4.29. The Morgan fingerprint density at radius 1 is 1.29 bits per heavy atom. The van der Waals surface area contributed by atoms with Crippen molar-refractivity contribution in [3.8, 4) is 0 Å². The van der Waals surface area contributed by atoms with E-state index in [4.69, 9.17) is 0 Å². The molecule has 0 aromatic heterocycles. The summed E-state index contributed by atoms with van der Waals surface area (Å²) >= 11 is 0. The number of aliphatic carboxylic acids is 1. The second kappa shape index (κ2) is 6.18. The Labute approximate surface area is 126 Å². The van der Waals surface area contributed by atoms with Crippen molar-refractivity contribution in [2.45, 2.75) is 51.1 Å². The Morgan fingerprint density at radius 3 is 2.67 bits per heavy atom. The summed E-state index contributed by atoms with van der Waals surface area (Å²) in [6.45, 7) is 2.19. The van der Waals surface area contributed by atoms with Crippen LogP contribution in [0.25, 0.3) is 0 Å². The van der Waals surface area contributed by atoms with E-state index >= 15 is 0 Å². The summed E-state index contributed by atoms with van der Waals surface area (Å²) in [5, 5.41) is 13.3. The van der Waals surface area contributed by atoms with Crippen LogP contribution < -0.4 is 5.32 Å². The minimum atomic E-state index is -0.608. The summed E-state index contributed by atoms with van der Waals surface area (Å²) in [4.78, 5) is 11.6. The zero-order chi connectivity index (χ0) is 14.8.